The number of thiazole rings is 1. The van der Waals surface area contributed by atoms with E-state index in [1.54, 1.807) is 12.0 Å². The second-order valence-corrected chi connectivity index (χ2v) is 8.12. The second kappa shape index (κ2) is 8.62. The Labute approximate surface area is 180 Å². The number of benzene rings is 2. The predicted octanol–water partition coefficient (Wildman–Crippen LogP) is 5.40. The molecule has 0 saturated carbocycles. The lowest BCUT2D eigenvalue weighted by Gasteiger charge is -2.31. The van der Waals surface area contributed by atoms with Crippen LogP contribution in [0.1, 0.15) is 18.4 Å². The summed E-state index contributed by atoms with van der Waals surface area (Å²) >= 11 is 1.45. The minimum absolute atomic E-state index is 0.0833. The van der Waals surface area contributed by atoms with Gasteiger partial charge in [-0.2, -0.15) is 13.2 Å². The number of carbonyl (C=O) groups excluding carboxylic acids is 1. The Bertz CT molecular complexity index is 1080. The van der Waals surface area contributed by atoms with Crippen molar-refractivity contribution in [2.45, 2.75) is 25.1 Å². The van der Waals surface area contributed by atoms with Gasteiger partial charge in [0.05, 0.1) is 22.9 Å². The minimum atomic E-state index is -4.46. The van der Waals surface area contributed by atoms with Crippen LogP contribution in [0.2, 0.25) is 0 Å². The standard InChI is InChI=1S/C21H20F3N3O3S/c1-29-16-5-6-18-17(12-16)26-20(31-18)30-15-7-9-27(10-8-15)19(28)25-14-4-2-3-13(11-14)21(22,23)24/h2-6,11-12,15H,7-10H2,1H3,(H,25,28). The number of piperidine rings is 1. The molecular weight excluding hydrogens is 431 g/mol. The number of carbonyl (C=O) groups is 1. The molecule has 0 aliphatic carbocycles. The summed E-state index contributed by atoms with van der Waals surface area (Å²) in [6.45, 7) is 0.877. The molecule has 2 heterocycles. The number of amides is 2. The Hall–Kier alpha value is -3.01. The fourth-order valence-electron chi connectivity index (χ4n) is 3.36. The van der Waals surface area contributed by atoms with Crippen LogP contribution in [0.4, 0.5) is 23.7 Å². The number of nitrogens with zero attached hydrogens (tertiary/aromatic N) is 2. The zero-order chi connectivity index (χ0) is 22.0. The lowest BCUT2D eigenvalue weighted by molar-refractivity contribution is -0.137. The van der Waals surface area contributed by atoms with Gasteiger partial charge in [-0.25, -0.2) is 9.78 Å². The van der Waals surface area contributed by atoms with Gasteiger partial charge < -0.3 is 19.7 Å². The molecule has 0 atom stereocenters. The average molecular weight is 451 g/mol. The summed E-state index contributed by atoms with van der Waals surface area (Å²) < 4.78 is 50.7. The van der Waals surface area contributed by atoms with E-state index in [9.17, 15) is 18.0 Å². The molecule has 1 aromatic heterocycles. The van der Waals surface area contributed by atoms with E-state index in [4.69, 9.17) is 9.47 Å². The monoisotopic (exact) mass is 451 g/mol. The van der Waals surface area contributed by atoms with E-state index in [1.807, 2.05) is 18.2 Å². The molecule has 1 aliphatic rings. The molecule has 2 amide bonds. The number of fused-ring (bicyclic) bond motifs is 1. The molecule has 4 rings (SSSR count). The quantitative estimate of drug-likeness (QED) is 0.577. The topological polar surface area (TPSA) is 63.7 Å². The van der Waals surface area contributed by atoms with Crippen molar-refractivity contribution < 1.29 is 27.4 Å². The molecule has 0 spiro atoms. The Kier molecular flexibility index (Phi) is 5.90. The normalized spacial score (nSPS) is 15.2. The molecule has 31 heavy (non-hydrogen) atoms. The maximum Gasteiger partial charge on any atom is 0.416 e. The fourth-order valence-corrected chi connectivity index (χ4v) is 4.22. The van der Waals surface area contributed by atoms with Gasteiger partial charge in [-0.15, -0.1) is 0 Å². The van der Waals surface area contributed by atoms with Gasteiger partial charge in [-0.05, 0) is 30.3 Å². The van der Waals surface area contributed by atoms with Gasteiger partial charge in [-0.1, -0.05) is 17.4 Å². The summed E-state index contributed by atoms with van der Waals surface area (Å²) in [4.78, 5) is 18.5. The highest BCUT2D eigenvalue weighted by atomic mass is 32.1. The number of hydrogen-bond donors (Lipinski definition) is 1. The summed E-state index contributed by atoms with van der Waals surface area (Å²) in [5, 5.41) is 3.11. The zero-order valence-electron chi connectivity index (χ0n) is 16.6. The number of alkyl halides is 3. The van der Waals surface area contributed by atoms with Crippen molar-refractivity contribution in [3.63, 3.8) is 0 Å². The van der Waals surface area contributed by atoms with Crippen molar-refractivity contribution in [1.82, 2.24) is 9.88 Å². The Morgan fingerprint density at radius 3 is 2.68 bits per heavy atom. The fraction of sp³-hybridized carbons (Fsp3) is 0.333. The highest BCUT2D eigenvalue weighted by molar-refractivity contribution is 7.20. The van der Waals surface area contributed by atoms with Gasteiger partial charge in [0, 0.05) is 37.7 Å². The number of anilines is 1. The molecule has 0 unspecified atom stereocenters. The molecule has 0 radical (unpaired) electrons. The van der Waals surface area contributed by atoms with E-state index in [-0.39, 0.29) is 11.8 Å². The smallest absolute Gasteiger partial charge is 0.416 e. The Balaban J connectivity index is 1.32. The molecule has 1 fully saturated rings. The lowest BCUT2D eigenvalue weighted by atomic mass is 10.1. The Morgan fingerprint density at radius 1 is 1.19 bits per heavy atom. The molecule has 1 N–H and O–H groups in total. The highest BCUT2D eigenvalue weighted by Crippen LogP contribution is 2.32. The number of nitrogens with one attached hydrogen (secondary N) is 1. The molecule has 1 aliphatic heterocycles. The van der Waals surface area contributed by atoms with E-state index in [0.29, 0.717) is 31.1 Å². The van der Waals surface area contributed by atoms with Crippen LogP contribution < -0.4 is 14.8 Å². The summed E-state index contributed by atoms with van der Waals surface area (Å²) in [5.41, 5.74) is 0.117. The summed E-state index contributed by atoms with van der Waals surface area (Å²) in [6.07, 6.45) is -3.33. The molecule has 0 bridgehead atoms. The number of methoxy groups -OCH3 is 1. The van der Waals surface area contributed by atoms with Crippen LogP contribution >= 0.6 is 11.3 Å². The largest absolute Gasteiger partial charge is 0.497 e. The van der Waals surface area contributed by atoms with Crippen LogP contribution in [0.25, 0.3) is 10.2 Å². The van der Waals surface area contributed by atoms with Crippen LogP contribution in [-0.2, 0) is 6.18 Å². The predicted molar refractivity (Wildman–Crippen MR) is 112 cm³/mol. The number of urea groups is 1. The lowest BCUT2D eigenvalue weighted by Crippen LogP contribution is -2.43. The van der Waals surface area contributed by atoms with E-state index in [2.05, 4.69) is 10.3 Å². The van der Waals surface area contributed by atoms with Crippen LogP contribution in [0, 0.1) is 0 Å². The number of aromatic nitrogens is 1. The number of likely N-dealkylation sites (tertiary alicyclic amines) is 1. The first-order valence-electron chi connectivity index (χ1n) is 9.66. The van der Waals surface area contributed by atoms with Crippen molar-refractivity contribution in [3.05, 3.63) is 48.0 Å². The van der Waals surface area contributed by atoms with Gasteiger partial charge in [0.2, 0.25) is 0 Å². The van der Waals surface area contributed by atoms with Crippen molar-refractivity contribution in [2.24, 2.45) is 0 Å². The van der Waals surface area contributed by atoms with Crippen LogP contribution in [0.3, 0.4) is 0 Å². The molecule has 10 heteroatoms. The van der Waals surface area contributed by atoms with Gasteiger partial charge in [0.15, 0.2) is 0 Å². The van der Waals surface area contributed by atoms with Crippen molar-refractivity contribution >= 4 is 33.3 Å². The summed E-state index contributed by atoms with van der Waals surface area (Å²) in [6, 6.07) is 9.82. The third-order valence-electron chi connectivity index (χ3n) is 5.01. The first kappa shape index (κ1) is 21.2. The van der Waals surface area contributed by atoms with Gasteiger partial charge in [-0.3, -0.25) is 0 Å². The molecule has 164 valence electrons. The second-order valence-electron chi connectivity index (χ2n) is 7.13. The number of halogens is 3. The van der Waals surface area contributed by atoms with Crippen molar-refractivity contribution in [3.8, 4) is 10.9 Å². The number of ether oxygens (including phenoxy) is 2. The van der Waals surface area contributed by atoms with Gasteiger partial charge >= 0.3 is 12.2 Å². The summed E-state index contributed by atoms with van der Waals surface area (Å²) in [5.74, 6) is 0.726. The van der Waals surface area contributed by atoms with E-state index < -0.39 is 17.8 Å². The first-order chi connectivity index (χ1) is 14.8. The number of rotatable bonds is 4. The van der Waals surface area contributed by atoms with Gasteiger partial charge in [0.25, 0.3) is 5.19 Å². The van der Waals surface area contributed by atoms with Crippen LogP contribution in [0.5, 0.6) is 10.9 Å². The van der Waals surface area contributed by atoms with Crippen LogP contribution in [0.15, 0.2) is 42.5 Å². The highest BCUT2D eigenvalue weighted by Gasteiger charge is 2.31. The van der Waals surface area contributed by atoms with Crippen LogP contribution in [-0.4, -0.2) is 42.2 Å². The maximum absolute atomic E-state index is 12.8. The Morgan fingerprint density at radius 2 is 1.97 bits per heavy atom. The van der Waals surface area contributed by atoms with E-state index >= 15 is 0 Å². The third kappa shape index (κ3) is 5.01. The summed E-state index contributed by atoms with van der Waals surface area (Å²) in [7, 11) is 1.60. The first-order valence-corrected chi connectivity index (χ1v) is 10.5. The molecule has 3 aromatic rings. The maximum atomic E-state index is 12.8. The van der Waals surface area contributed by atoms with Crippen molar-refractivity contribution in [1.29, 1.82) is 0 Å². The molecule has 1 saturated heterocycles. The van der Waals surface area contributed by atoms with E-state index in [0.717, 1.165) is 28.1 Å². The average Bonchev–Trinajstić information content (AvgIpc) is 3.15. The number of hydrogen-bond acceptors (Lipinski definition) is 5. The van der Waals surface area contributed by atoms with E-state index in [1.165, 1.54) is 23.5 Å². The molecule has 2 aromatic carbocycles. The van der Waals surface area contributed by atoms with Gasteiger partial charge in [0.1, 0.15) is 11.9 Å². The third-order valence-corrected chi connectivity index (χ3v) is 5.94. The SMILES string of the molecule is COc1ccc2sc(OC3CCN(C(=O)Nc4cccc(C(F)(F)F)c4)CC3)nc2c1. The zero-order valence-corrected chi connectivity index (χ0v) is 17.4. The molecule has 6 nitrogen and oxygen atoms in total. The molecular formula is C21H20F3N3O3S. The van der Waals surface area contributed by atoms with Crippen molar-refractivity contribution in [2.75, 3.05) is 25.5 Å². The minimum Gasteiger partial charge on any atom is -0.497 e.